The van der Waals surface area contributed by atoms with E-state index in [1.165, 1.54) is 0 Å². The van der Waals surface area contributed by atoms with Crippen LogP contribution in [0.25, 0.3) is 0 Å². The first-order valence-corrected chi connectivity index (χ1v) is 7.80. The molecular weight excluding hydrogens is 326 g/mol. The van der Waals surface area contributed by atoms with Crippen LogP contribution >= 0.6 is 11.6 Å². The zero-order valence-electron chi connectivity index (χ0n) is 13.0. The second-order valence-corrected chi connectivity index (χ2v) is 5.64. The molecule has 0 bridgehead atoms. The summed E-state index contributed by atoms with van der Waals surface area (Å²) in [6, 6.07) is 12.6. The summed E-state index contributed by atoms with van der Waals surface area (Å²) in [7, 11) is 0. The Bertz CT molecular complexity index is 830. The lowest BCUT2D eigenvalue weighted by atomic mass is 10.2. The minimum absolute atomic E-state index is 0.280. The molecule has 0 atom stereocenters. The van der Waals surface area contributed by atoms with Crippen molar-refractivity contribution < 1.29 is 9.21 Å². The van der Waals surface area contributed by atoms with Crippen molar-refractivity contribution in [3.63, 3.8) is 0 Å². The SMILES string of the molecule is Cc1c(Cl)cccc1NC(=O)c1ccc(NCc2ccco2)cn1. The Morgan fingerprint density at radius 1 is 1.21 bits per heavy atom. The Labute approximate surface area is 144 Å². The number of hydrogen-bond acceptors (Lipinski definition) is 4. The van der Waals surface area contributed by atoms with Crippen LogP contribution in [0.5, 0.6) is 0 Å². The van der Waals surface area contributed by atoms with Gasteiger partial charge in [0.25, 0.3) is 5.91 Å². The Morgan fingerprint density at radius 2 is 2.08 bits per heavy atom. The summed E-state index contributed by atoms with van der Waals surface area (Å²) in [6.45, 7) is 2.41. The molecule has 0 unspecified atom stereocenters. The Morgan fingerprint density at radius 3 is 2.79 bits per heavy atom. The van der Waals surface area contributed by atoms with Gasteiger partial charge in [0.15, 0.2) is 0 Å². The van der Waals surface area contributed by atoms with E-state index in [0.29, 0.717) is 22.9 Å². The van der Waals surface area contributed by atoms with Crippen LogP contribution in [0.4, 0.5) is 11.4 Å². The average Bonchev–Trinajstić information content (AvgIpc) is 3.11. The largest absolute Gasteiger partial charge is 0.467 e. The predicted molar refractivity (Wildman–Crippen MR) is 94.4 cm³/mol. The second-order valence-electron chi connectivity index (χ2n) is 5.23. The number of amides is 1. The quantitative estimate of drug-likeness (QED) is 0.717. The van der Waals surface area contributed by atoms with Gasteiger partial charge >= 0.3 is 0 Å². The number of rotatable bonds is 5. The lowest BCUT2D eigenvalue weighted by Crippen LogP contribution is -2.14. The maximum absolute atomic E-state index is 12.3. The van der Waals surface area contributed by atoms with Gasteiger partial charge in [0, 0.05) is 10.7 Å². The number of nitrogens with zero attached hydrogens (tertiary/aromatic N) is 1. The van der Waals surface area contributed by atoms with Crippen molar-refractivity contribution in [1.82, 2.24) is 4.98 Å². The van der Waals surface area contributed by atoms with Gasteiger partial charge in [0.2, 0.25) is 0 Å². The molecule has 3 rings (SSSR count). The molecule has 1 amide bonds. The summed E-state index contributed by atoms with van der Waals surface area (Å²) in [4.78, 5) is 16.5. The van der Waals surface area contributed by atoms with Gasteiger partial charge in [0.1, 0.15) is 11.5 Å². The molecule has 0 saturated heterocycles. The van der Waals surface area contributed by atoms with E-state index in [-0.39, 0.29) is 5.91 Å². The first-order chi connectivity index (χ1) is 11.6. The molecule has 1 aromatic carbocycles. The molecule has 6 heteroatoms. The molecule has 122 valence electrons. The standard InChI is InChI=1S/C18H16ClN3O2/c1-12-15(19)5-2-6-16(12)22-18(23)17-8-7-13(10-21-17)20-11-14-4-3-9-24-14/h2-10,20H,11H2,1H3,(H,22,23). The van der Waals surface area contributed by atoms with Gasteiger partial charge in [-0.2, -0.15) is 0 Å². The first-order valence-electron chi connectivity index (χ1n) is 7.42. The minimum atomic E-state index is -0.280. The molecule has 2 N–H and O–H groups in total. The van der Waals surface area contributed by atoms with Crippen molar-refractivity contribution in [2.75, 3.05) is 10.6 Å². The first kappa shape index (κ1) is 16.1. The summed E-state index contributed by atoms with van der Waals surface area (Å²) in [5.41, 5.74) is 2.64. The topological polar surface area (TPSA) is 67.2 Å². The molecular formula is C18H16ClN3O2. The fraction of sp³-hybridized carbons (Fsp3) is 0.111. The highest BCUT2D eigenvalue weighted by atomic mass is 35.5. The van der Waals surface area contributed by atoms with E-state index in [1.807, 2.05) is 19.1 Å². The smallest absolute Gasteiger partial charge is 0.274 e. The van der Waals surface area contributed by atoms with Crippen LogP contribution < -0.4 is 10.6 Å². The van der Waals surface area contributed by atoms with Crippen molar-refractivity contribution in [3.8, 4) is 0 Å². The van der Waals surface area contributed by atoms with Crippen LogP contribution in [0.3, 0.4) is 0 Å². The van der Waals surface area contributed by atoms with Gasteiger partial charge in [0.05, 0.1) is 24.7 Å². The third-order valence-corrected chi connectivity index (χ3v) is 3.97. The number of nitrogens with one attached hydrogen (secondary N) is 2. The maximum Gasteiger partial charge on any atom is 0.274 e. The monoisotopic (exact) mass is 341 g/mol. The number of pyridine rings is 1. The van der Waals surface area contributed by atoms with Crippen LogP contribution in [0.1, 0.15) is 21.8 Å². The van der Waals surface area contributed by atoms with Crippen LogP contribution in [0.15, 0.2) is 59.3 Å². The highest BCUT2D eigenvalue weighted by Gasteiger charge is 2.10. The number of halogens is 1. The Hall–Kier alpha value is -2.79. The number of anilines is 2. The van der Waals surface area contributed by atoms with Gasteiger partial charge in [-0.3, -0.25) is 4.79 Å². The number of hydrogen-bond donors (Lipinski definition) is 2. The zero-order chi connectivity index (χ0) is 16.9. The number of carbonyl (C=O) groups excluding carboxylic acids is 1. The van der Waals surface area contributed by atoms with E-state index < -0.39 is 0 Å². The van der Waals surface area contributed by atoms with E-state index in [2.05, 4.69) is 15.6 Å². The maximum atomic E-state index is 12.3. The summed E-state index contributed by atoms with van der Waals surface area (Å²) < 4.78 is 5.25. The normalized spacial score (nSPS) is 10.4. The molecule has 0 aliphatic carbocycles. The molecule has 3 aromatic rings. The van der Waals surface area contributed by atoms with Crippen molar-refractivity contribution in [3.05, 3.63) is 77.0 Å². The fourth-order valence-corrected chi connectivity index (χ4v) is 2.34. The molecule has 0 saturated carbocycles. The Kier molecular flexibility index (Phi) is 4.82. The molecule has 0 aliphatic heterocycles. The minimum Gasteiger partial charge on any atom is -0.467 e. The van der Waals surface area contributed by atoms with Crippen LogP contribution in [-0.4, -0.2) is 10.9 Å². The van der Waals surface area contributed by atoms with E-state index in [4.69, 9.17) is 16.0 Å². The zero-order valence-corrected chi connectivity index (χ0v) is 13.8. The van der Waals surface area contributed by atoms with E-state index in [9.17, 15) is 4.79 Å². The van der Waals surface area contributed by atoms with Gasteiger partial charge in [-0.1, -0.05) is 17.7 Å². The number of benzene rings is 1. The summed E-state index contributed by atoms with van der Waals surface area (Å²) in [5.74, 6) is 0.547. The van der Waals surface area contributed by atoms with Crippen LogP contribution in [-0.2, 0) is 6.54 Å². The molecule has 2 aromatic heterocycles. The average molecular weight is 342 g/mol. The van der Waals surface area contributed by atoms with E-state index in [0.717, 1.165) is 17.0 Å². The molecule has 5 nitrogen and oxygen atoms in total. The lowest BCUT2D eigenvalue weighted by Gasteiger charge is -2.09. The van der Waals surface area contributed by atoms with Gasteiger partial charge in [-0.05, 0) is 48.9 Å². The lowest BCUT2D eigenvalue weighted by molar-refractivity contribution is 0.102. The van der Waals surface area contributed by atoms with E-state index >= 15 is 0 Å². The molecule has 0 radical (unpaired) electrons. The fourth-order valence-electron chi connectivity index (χ4n) is 2.16. The van der Waals surface area contributed by atoms with Crippen LogP contribution in [0.2, 0.25) is 5.02 Å². The molecule has 24 heavy (non-hydrogen) atoms. The number of carbonyl (C=O) groups is 1. The van der Waals surface area contributed by atoms with Crippen molar-refractivity contribution >= 4 is 28.9 Å². The number of furan rings is 1. The number of aromatic nitrogens is 1. The summed E-state index contributed by atoms with van der Waals surface area (Å²) in [5, 5.41) is 6.60. The third kappa shape index (κ3) is 3.75. The Balaban J connectivity index is 1.64. The molecule has 0 aliphatic rings. The van der Waals surface area contributed by atoms with Crippen LogP contribution in [0, 0.1) is 6.92 Å². The van der Waals surface area contributed by atoms with Gasteiger partial charge < -0.3 is 15.1 Å². The molecule has 0 fully saturated rings. The summed E-state index contributed by atoms with van der Waals surface area (Å²) >= 11 is 6.06. The highest BCUT2D eigenvalue weighted by Crippen LogP contribution is 2.23. The highest BCUT2D eigenvalue weighted by molar-refractivity contribution is 6.31. The van der Waals surface area contributed by atoms with Crippen molar-refractivity contribution in [2.45, 2.75) is 13.5 Å². The second kappa shape index (κ2) is 7.19. The molecule has 2 heterocycles. The third-order valence-electron chi connectivity index (χ3n) is 3.56. The van der Waals surface area contributed by atoms with Crippen molar-refractivity contribution in [2.24, 2.45) is 0 Å². The van der Waals surface area contributed by atoms with Crippen molar-refractivity contribution in [1.29, 1.82) is 0 Å². The van der Waals surface area contributed by atoms with Gasteiger partial charge in [-0.15, -0.1) is 0 Å². The summed E-state index contributed by atoms with van der Waals surface area (Å²) in [6.07, 6.45) is 3.24. The predicted octanol–water partition coefficient (Wildman–Crippen LogP) is 4.50. The van der Waals surface area contributed by atoms with Gasteiger partial charge in [-0.25, -0.2) is 4.98 Å². The van der Waals surface area contributed by atoms with E-state index in [1.54, 1.807) is 42.8 Å². The molecule has 0 spiro atoms.